The molecule has 2 aliphatic heterocycles. The van der Waals surface area contributed by atoms with Crippen molar-refractivity contribution in [1.29, 1.82) is 0 Å². The van der Waals surface area contributed by atoms with Crippen LogP contribution < -0.4 is 5.32 Å². The summed E-state index contributed by atoms with van der Waals surface area (Å²) in [4.78, 5) is 7.19. The Hall–Kier alpha value is -1.00. The monoisotopic (exact) mass is 289 g/mol. The molecule has 0 aliphatic carbocycles. The van der Waals surface area contributed by atoms with Crippen molar-refractivity contribution >= 4 is 16.9 Å². The molecule has 0 amide bonds. The van der Waals surface area contributed by atoms with Crippen LogP contribution in [0.2, 0.25) is 0 Å². The summed E-state index contributed by atoms with van der Waals surface area (Å²) in [6.07, 6.45) is 3.99. The summed E-state index contributed by atoms with van der Waals surface area (Å²) >= 11 is 1.87. The van der Waals surface area contributed by atoms with Gasteiger partial charge in [0.1, 0.15) is 0 Å². The highest BCUT2D eigenvalue weighted by Crippen LogP contribution is 2.34. The second kappa shape index (κ2) is 7.14. The van der Waals surface area contributed by atoms with Crippen LogP contribution in [0.3, 0.4) is 0 Å². The highest BCUT2D eigenvalue weighted by Gasteiger charge is 2.20. The Kier molecular flexibility index (Phi) is 4.98. The van der Waals surface area contributed by atoms with Crippen LogP contribution in [-0.4, -0.2) is 42.8 Å². The third-order valence-corrected chi connectivity index (χ3v) is 5.15. The first kappa shape index (κ1) is 14.0. The number of hydrogen-bond donors (Lipinski definition) is 1. The van der Waals surface area contributed by atoms with Crippen molar-refractivity contribution in [3.8, 4) is 0 Å². The molecule has 1 unspecified atom stereocenters. The number of likely N-dealkylation sites (tertiary alicyclic amines) is 1. The van der Waals surface area contributed by atoms with Crippen molar-refractivity contribution in [2.45, 2.75) is 24.5 Å². The molecule has 1 aromatic rings. The molecule has 4 heteroatoms. The number of aliphatic imine (C=N–C) groups is 1. The Morgan fingerprint density at radius 3 is 2.80 bits per heavy atom. The van der Waals surface area contributed by atoms with Crippen molar-refractivity contribution in [2.24, 2.45) is 4.99 Å². The lowest BCUT2D eigenvalue weighted by Crippen LogP contribution is -2.26. The molecule has 1 N–H and O–H groups in total. The van der Waals surface area contributed by atoms with Gasteiger partial charge in [-0.2, -0.15) is 0 Å². The predicted molar refractivity (Wildman–Crippen MR) is 87.4 cm³/mol. The first-order valence-electron chi connectivity index (χ1n) is 7.64. The number of hydrogen-bond acceptors (Lipinski definition) is 4. The van der Waals surface area contributed by atoms with E-state index < -0.39 is 0 Å². The number of nitrogens with zero attached hydrogens (tertiary/aromatic N) is 2. The average molecular weight is 289 g/mol. The highest BCUT2D eigenvalue weighted by molar-refractivity contribution is 8.14. The predicted octanol–water partition coefficient (Wildman–Crippen LogP) is 2.91. The van der Waals surface area contributed by atoms with Gasteiger partial charge in [-0.1, -0.05) is 42.1 Å². The largest absolute Gasteiger partial charge is 0.365 e. The molecule has 20 heavy (non-hydrogen) atoms. The van der Waals surface area contributed by atoms with Gasteiger partial charge in [0, 0.05) is 6.54 Å². The van der Waals surface area contributed by atoms with E-state index in [1.165, 1.54) is 44.5 Å². The van der Waals surface area contributed by atoms with Gasteiger partial charge >= 0.3 is 0 Å². The van der Waals surface area contributed by atoms with Gasteiger partial charge in [-0.15, -0.1) is 0 Å². The summed E-state index contributed by atoms with van der Waals surface area (Å²) in [5.74, 6) is 0. The molecule has 2 heterocycles. The Labute approximate surface area is 125 Å². The summed E-state index contributed by atoms with van der Waals surface area (Å²) in [5.41, 5.74) is 1.38. The van der Waals surface area contributed by atoms with Crippen LogP contribution in [0, 0.1) is 0 Å². The number of amidine groups is 1. The van der Waals surface area contributed by atoms with Gasteiger partial charge in [-0.05, 0) is 44.5 Å². The average Bonchev–Trinajstić information content (AvgIpc) is 3.16. The van der Waals surface area contributed by atoms with Crippen LogP contribution in [0.25, 0.3) is 0 Å². The molecule has 2 aliphatic rings. The number of thioether (sulfide) groups is 1. The molecule has 1 atom stereocenters. The quantitative estimate of drug-likeness (QED) is 0.845. The zero-order valence-electron chi connectivity index (χ0n) is 11.9. The zero-order valence-corrected chi connectivity index (χ0v) is 12.7. The molecule has 3 nitrogen and oxygen atoms in total. The second-order valence-electron chi connectivity index (χ2n) is 5.49. The van der Waals surface area contributed by atoms with Gasteiger partial charge in [0.25, 0.3) is 0 Å². The lowest BCUT2D eigenvalue weighted by molar-refractivity contribution is 0.334. The van der Waals surface area contributed by atoms with Gasteiger partial charge in [0.05, 0.1) is 11.8 Å². The van der Waals surface area contributed by atoms with E-state index in [9.17, 15) is 0 Å². The summed E-state index contributed by atoms with van der Waals surface area (Å²) in [6, 6.07) is 10.7. The van der Waals surface area contributed by atoms with Crippen molar-refractivity contribution in [2.75, 3.05) is 32.7 Å². The fourth-order valence-electron chi connectivity index (χ4n) is 2.82. The molecule has 108 valence electrons. The van der Waals surface area contributed by atoms with E-state index in [1.54, 1.807) is 0 Å². The van der Waals surface area contributed by atoms with Crippen molar-refractivity contribution < 1.29 is 0 Å². The second-order valence-corrected chi connectivity index (χ2v) is 6.68. The summed E-state index contributed by atoms with van der Waals surface area (Å²) in [7, 11) is 0. The van der Waals surface area contributed by atoms with E-state index >= 15 is 0 Å². The van der Waals surface area contributed by atoms with E-state index in [4.69, 9.17) is 0 Å². The minimum absolute atomic E-state index is 0.497. The molecule has 0 saturated carbocycles. The molecule has 1 saturated heterocycles. The Morgan fingerprint density at radius 1 is 1.20 bits per heavy atom. The molecular weight excluding hydrogens is 266 g/mol. The summed E-state index contributed by atoms with van der Waals surface area (Å²) in [6.45, 7) is 5.78. The molecule has 0 radical (unpaired) electrons. The van der Waals surface area contributed by atoms with Crippen LogP contribution in [0.1, 0.15) is 30.1 Å². The van der Waals surface area contributed by atoms with Crippen molar-refractivity contribution in [3.63, 3.8) is 0 Å². The first-order valence-corrected chi connectivity index (χ1v) is 8.52. The van der Waals surface area contributed by atoms with Gasteiger partial charge in [-0.25, -0.2) is 0 Å². The van der Waals surface area contributed by atoms with Crippen LogP contribution >= 0.6 is 11.8 Å². The Morgan fingerprint density at radius 2 is 2.00 bits per heavy atom. The molecule has 1 fully saturated rings. The van der Waals surface area contributed by atoms with Crippen molar-refractivity contribution in [3.05, 3.63) is 35.9 Å². The number of benzene rings is 1. The van der Waals surface area contributed by atoms with E-state index in [-0.39, 0.29) is 0 Å². The maximum absolute atomic E-state index is 4.62. The smallest absolute Gasteiger partial charge is 0.157 e. The minimum Gasteiger partial charge on any atom is -0.365 e. The molecule has 1 aromatic carbocycles. The van der Waals surface area contributed by atoms with E-state index in [2.05, 4.69) is 45.5 Å². The third-order valence-electron chi connectivity index (χ3n) is 3.95. The van der Waals surface area contributed by atoms with Gasteiger partial charge in [0.2, 0.25) is 0 Å². The normalized spacial score (nSPS) is 23.0. The molecular formula is C16H23N3S. The third kappa shape index (κ3) is 3.76. The maximum atomic E-state index is 4.62. The molecule has 0 spiro atoms. The highest BCUT2D eigenvalue weighted by atomic mass is 32.2. The Balaban J connectivity index is 1.35. The molecule has 3 rings (SSSR count). The van der Waals surface area contributed by atoms with E-state index in [0.29, 0.717) is 5.25 Å². The summed E-state index contributed by atoms with van der Waals surface area (Å²) in [5, 5.41) is 5.11. The van der Waals surface area contributed by atoms with Gasteiger partial charge in [-0.3, -0.25) is 4.99 Å². The lowest BCUT2D eigenvalue weighted by Gasteiger charge is -2.14. The maximum Gasteiger partial charge on any atom is 0.157 e. The topological polar surface area (TPSA) is 27.6 Å². The zero-order chi connectivity index (χ0) is 13.6. The molecule has 0 bridgehead atoms. The first-order chi connectivity index (χ1) is 9.92. The van der Waals surface area contributed by atoms with Crippen LogP contribution in [0.5, 0.6) is 0 Å². The lowest BCUT2D eigenvalue weighted by atomic mass is 10.1. The van der Waals surface area contributed by atoms with Crippen LogP contribution in [0.15, 0.2) is 35.3 Å². The standard InChI is InChI=1S/C16H23N3S/c1-2-7-14(8-3-1)15-13-18-16(20-15)17-9-6-12-19-10-4-5-11-19/h1-3,7-8,15H,4-6,9-13H2,(H,17,18). The molecule has 0 aromatic heterocycles. The van der Waals surface area contributed by atoms with Crippen LogP contribution in [0.4, 0.5) is 0 Å². The van der Waals surface area contributed by atoms with Crippen molar-refractivity contribution in [1.82, 2.24) is 10.2 Å². The Bertz CT molecular complexity index is 440. The number of rotatable bonds is 5. The van der Waals surface area contributed by atoms with Crippen LogP contribution in [-0.2, 0) is 0 Å². The fourth-order valence-corrected chi connectivity index (χ4v) is 3.86. The van der Waals surface area contributed by atoms with Gasteiger partial charge in [0.15, 0.2) is 5.17 Å². The van der Waals surface area contributed by atoms with E-state index in [1.807, 2.05) is 11.8 Å². The summed E-state index contributed by atoms with van der Waals surface area (Å²) < 4.78 is 0. The fraction of sp³-hybridized carbons (Fsp3) is 0.562. The SMILES string of the molecule is c1ccc(C2CN=C(NCCCN3CCCC3)S2)cc1. The minimum atomic E-state index is 0.497. The van der Waals surface area contributed by atoms with Gasteiger partial charge < -0.3 is 10.2 Å². The number of nitrogens with one attached hydrogen (secondary N) is 1. The van der Waals surface area contributed by atoms with E-state index in [0.717, 1.165) is 18.3 Å².